The molecule has 2 aliphatic carbocycles. The zero-order chi connectivity index (χ0) is 29.2. The van der Waals surface area contributed by atoms with Crippen molar-refractivity contribution < 1.29 is 0 Å². The summed E-state index contributed by atoms with van der Waals surface area (Å²) in [6.45, 7) is 19.4. The van der Waals surface area contributed by atoms with E-state index in [0.29, 0.717) is 23.7 Å². The third kappa shape index (κ3) is 12.1. The SMILES string of the molecule is C=CC(C)=CC=C(C)CCC(CC(CC)CCC1C=CC=CC1=C)C(C=CC=CC=CC)C1=CCC(CC)C=C1. The maximum Gasteiger partial charge on any atom is 0.00463 e. The van der Waals surface area contributed by atoms with Crippen LogP contribution in [0.15, 0.2) is 133 Å². The first kappa shape index (κ1) is 33.3. The Balaban J connectivity index is 2.32. The molecule has 0 fully saturated rings. The van der Waals surface area contributed by atoms with Crippen LogP contribution in [0.1, 0.15) is 86.0 Å². The first-order valence-corrected chi connectivity index (χ1v) is 15.8. The highest BCUT2D eigenvalue weighted by Crippen LogP contribution is 2.38. The molecule has 0 bridgehead atoms. The highest BCUT2D eigenvalue weighted by atomic mass is 14.3. The lowest BCUT2D eigenvalue weighted by Crippen LogP contribution is -2.20. The van der Waals surface area contributed by atoms with E-state index < -0.39 is 0 Å². The van der Waals surface area contributed by atoms with Crippen molar-refractivity contribution in [2.45, 2.75) is 86.0 Å². The van der Waals surface area contributed by atoms with Crippen LogP contribution in [0.2, 0.25) is 0 Å². The molecule has 2 rings (SSSR count). The summed E-state index contributed by atoms with van der Waals surface area (Å²) in [6, 6.07) is 0. The van der Waals surface area contributed by atoms with Gasteiger partial charge in [-0.3, -0.25) is 0 Å². The van der Waals surface area contributed by atoms with E-state index in [0.717, 1.165) is 12.3 Å². The molecule has 0 heterocycles. The van der Waals surface area contributed by atoms with Crippen molar-refractivity contribution in [3.05, 3.63) is 133 Å². The third-order valence-corrected chi connectivity index (χ3v) is 8.68. The summed E-state index contributed by atoms with van der Waals surface area (Å²) in [5.41, 5.74) is 5.43. The second-order valence-electron chi connectivity index (χ2n) is 11.7. The van der Waals surface area contributed by atoms with Crippen LogP contribution in [0.25, 0.3) is 0 Å². The van der Waals surface area contributed by atoms with Crippen molar-refractivity contribution in [2.24, 2.45) is 29.6 Å². The summed E-state index contributed by atoms with van der Waals surface area (Å²) in [6.07, 6.45) is 45.6. The van der Waals surface area contributed by atoms with Crippen LogP contribution >= 0.6 is 0 Å². The quantitative estimate of drug-likeness (QED) is 0.162. The van der Waals surface area contributed by atoms with Gasteiger partial charge in [0.2, 0.25) is 0 Å². The van der Waals surface area contributed by atoms with Gasteiger partial charge >= 0.3 is 0 Å². The van der Waals surface area contributed by atoms with Crippen LogP contribution < -0.4 is 0 Å². The normalized spacial score (nSPS) is 22.4. The Hall–Kier alpha value is -2.86. The molecule has 2 aliphatic rings. The van der Waals surface area contributed by atoms with Gasteiger partial charge in [0.25, 0.3) is 0 Å². The third-order valence-electron chi connectivity index (χ3n) is 8.68. The zero-order valence-corrected chi connectivity index (χ0v) is 26.2. The van der Waals surface area contributed by atoms with Gasteiger partial charge in [-0.25, -0.2) is 0 Å². The van der Waals surface area contributed by atoms with Crippen LogP contribution in [0, 0.1) is 29.6 Å². The van der Waals surface area contributed by atoms with Gasteiger partial charge < -0.3 is 0 Å². The van der Waals surface area contributed by atoms with Gasteiger partial charge in [0.05, 0.1) is 0 Å². The van der Waals surface area contributed by atoms with Crippen LogP contribution in [0.4, 0.5) is 0 Å². The van der Waals surface area contributed by atoms with E-state index in [9.17, 15) is 0 Å². The molecule has 0 saturated heterocycles. The summed E-state index contributed by atoms with van der Waals surface area (Å²) in [7, 11) is 0. The highest BCUT2D eigenvalue weighted by Gasteiger charge is 2.26. The van der Waals surface area contributed by atoms with Crippen molar-refractivity contribution in [3.63, 3.8) is 0 Å². The lowest BCUT2D eigenvalue weighted by atomic mass is 9.73. The average Bonchev–Trinajstić information content (AvgIpc) is 2.98. The predicted octanol–water partition coefficient (Wildman–Crippen LogP) is 12.2. The van der Waals surface area contributed by atoms with Crippen LogP contribution in [-0.4, -0.2) is 0 Å². The van der Waals surface area contributed by atoms with Gasteiger partial charge in [0.15, 0.2) is 0 Å². The summed E-state index contributed by atoms with van der Waals surface area (Å²) < 4.78 is 0. The Bertz CT molecular complexity index is 1060. The van der Waals surface area contributed by atoms with Gasteiger partial charge in [0, 0.05) is 11.8 Å². The van der Waals surface area contributed by atoms with Crippen molar-refractivity contribution in [2.75, 3.05) is 0 Å². The minimum absolute atomic E-state index is 0.434. The smallest absolute Gasteiger partial charge is 0.00463 e. The molecule has 5 atom stereocenters. The highest BCUT2D eigenvalue weighted by molar-refractivity contribution is 5.32. The molecule has 0 saturated carbocycles. The van der Waals surface area contributed by atoms with Crippen LogP contribution in [0.5, 0.6) is 0 Å². The summed E-state index contributed by atoms with van der Waals surface area (Å²) in [4.78, 5) is 0. The lowest BCUT2D eigenvalue weighted by Gasteiger charge is -2.32. The van der Waals surface area contributed by atoms with E-state index >= 15 is 0 Å². The number of hydrogen-bond acceptors (Lipinski definition) is 0. The summed E-state index contributed by atoms with van der Waals surface area (Å²) in [5, 5.41) is 0. The fourth-order valence-corrected chi connectivity index (χ4v) is 5.72. The molecule has 5 unspecified atom stereocenters. The van der Waals surface area contributed by atoms with Gasteiger partial charge in [-0.1, -0.05) is 142 Å². The largest absolute Gasteiger partial charge is 0.0988 e. The summed E-state index contributed by atoms with van der Waals surface area (Å²) in [5.74, 6) is 2.92. The molecule has 40 heavy (non-hydrogen) atoms. The van der Waals surface area contributed by atoms with Gasteiger partial charge in [0.1, 0.15) is 0 Å². The second kappa shape index (κ2) is 19.3. The fraction of sp³-hybridized carbons (Fsp3) is 0.450. The van der Waals surface area contributed by atoms with Crippen LogP contribution in [0.3, 0.4) is 0 Å². The van der Waals surface area contributed by atoms with Crippen LogP contribution in [-0.2, 0) is 0 Å². The molecule has 0 heteroatoms. The molecule has 0 aromatic carbocycles. The monoisotopic (exact) mass is 536 g/mol. The molecule has 0 aromatic rings. The van der Waals surface area contributed by atoms with Gasteiger partial charge in [-0.2, -0.15) is 0 Å². The fourth-order valence-electron chi connectivity index (χ4n) is 5.72. The molecule has 216 valence electrons. The maximum atomic E-state index is 4.31. The van der Waals surface area contributed by atoms with E-state index in [1.54, 1.807) is 0 Å². The van der Waals surface area contributed by atoms with E-state index in [1.165, 1.54) is 67.2 Å². The molecule has 0 aromatic heterocycles. The number of rotatable bonds is 17. The molecular formula is C40H56. The molecule has 0 aliphatic heterocycles. The summed E-state index contributed by atoms with van der Waals surface area (Å²) >= 11 is 0. The Morgan fingerprint density at radius 1 is 1.00 bits per heavy atom. The Labute approximate surface area is 247 Å². The molecule has 0 amide bonds. The van der Waals surface area contributed by atoms with Crippen molar-refractivity contribution in [1.29, 1.82) is 0 Å². The van der Waals surface area contributed by atoms with Gasteiger partial charge in [-0.15, -0.1) is 0 Å². The van der Waals surface area contributed by atoms with E-state index in [-0.39, 0.29) is 0 Å². The van der Waals surface area contributed by atoms with Crippen molar-refractivity contribution in [1.82, 2.24) is 0 Å². The zero-order valence-electron chi connectivity index (χ0n) is 26.2. The minimum atomic E-state index is 0.434. The Morgan fingerprint density at radius 3 is 2.45 bits per heavy atom. The maximum absolute atomic E-state index is 4.31. The topological polar surface area (TPSA) is 0 Å². The standard InChI is InChI=1S/C40H56/c1-8-12-13-14-15-20-40(38-29-24-35(10-3)25-30-38)39(27-23-33(6)22-21-32(5)9-2)31-36(11-4)26-28-37-19-17-16-18-34(37)7/h8-9,12-22,24,29-30,35-37,39-40H,2,7,10-11,23,25-28,31H2,1,3-6H3. The van der Waals surface area contributed by atoms with E-state index in [4.69, 9.17) is 0 Å². The van der Waals surface area contributed by atoms with Crippen molar-refractivity contribution in [3.8, 4) is 0 Å². The Morgan fingerprint density at radius 2 is 1.80 bits per heavy atom. The molecule has 0 spiro atoms. The molecule has 0 N–H and O–H groups in total. The van der Waals surface area contributed by atoms with Gasteiger partial charge in [-0.05, 0) is 94.6 Å². The predicted molar refractivity (Wildman–Crippen MR) is 181 cm³/mol. The molecule has 0 radical (unpaired) electrons. The number of hydrogen-bond donors (Lipinski definition) is 0. The second-order valence-corrected chi connectivity index (χ2v) is 11.7. The first-order chi connectivity index (χ1) is 19.4. The average molecular weight is 537 g/mol. The van der Waals surface area contributed by atoms with E-state index in [2.05, 4.69) is 139 Å². The molecular weight excluding hydrogens is 480 g/mol. The Kier molecular flexibility index (Phi) is 16.1. The minimum Gasteiger partial charge on any atom is -0.0988 e. The van der Waals surface area contributed by atoms with Crippen molar-refractivity contribution >= 4 is 0 Å². The first-order valence-electron chi connectivity index (χ1n) is 15.8. The van der Waals surface area contributed by atoms with E-state index in [1.807, 2.05) is 6.08 Å². The lowest BCUT2D eigenvalue weighted by molar-refractivity contribution is 0.285. The molecule has 0 nitrogen and oxygen atoms in total. The number of allylic oxidation sites excluding steroid dienone is 20.